The van der Waals surface area contributed by atoms with Crippen molar-refractivity contribution in [1.29, 1.82) is 0 Å². The van der Waals surface area contributed by atoms with Gasteiger partial charge in [-0.2, -0.15) is 0 Å². The van der Waals surface area contributed by atoms with Crippen LogP contribution in [0.15, 0.2) is 18.2 Å². The molecule has 0 fully saturated rings. The molecule has 0 aliphatic rings. The molecule has 0 heterocycles. The van der Waals surface area contributed by atoms with Gasteiger partial charge in [-0.25, -0.2) is 0 Å². The molecule has 0 saturated carbocycles. The SMILES string of the molecule is COc1ccc(C(=O)CC(C)C(C)(C)C)c(OC)c1. The van der Waals surface area contributed by atoms with Crippen LogP contribution in [0.5, 0.6) is 11.5 Å². The summed E-state index contributed by atoms with van der Waals surface area (Å²) in [5.74, 6) is 1.69. The predicted octanol–water partition coefficient (Wildman–Crippen LogP) is 3.96. The van der Waals surface area contributed by atoms with Crippen LogP contribution >= 0.6 is 0 Å². The van der Waals surface area contributed by atoms with Gasteiger partial charge in [-0.05, 0) is 23.5 Å². The molecule has 0 saturated heterocycles. The van der Waals surface area contributed by atoms with Crippen molar-refractivity contribution in [1.82, 2.24) is 0 Å². The van der Waals surface area contributed by atoms with E-state index in [4.69, 9.17) is 9.47 Å². The lowest BCUT2D eigenvalue weighted by Gasteiger charge is -2.26. The van der Waals surface area contributed by atoms with E-state index in [0.717, 1.165) is 0 Å². The molecule has 1 atom stereocenters. The lowest BCUT2D eigenvalue weighted by molar-refractivity contribution is 0.0924. The fourth-order valence-corrected chi connectivity index (χ4v) is 1.72. The normalized spacial score (nSPS) is 12.9. The Morgan fingerprint density at radius 1 is 1.21 bits per heavy atom. The first-order chi connectivity index (χ1) is 8.79. The fraction of sp³-hybridized carbons (Fsp3) is 0.562. The van der Waals surface area contributed by atoms with E-state index in [0.29, 0.717) is 29.4 Å². The van der Waals surface area contributed by atoms with Crippen LogP contribution in [0.1, 0.15) is 44.5 Å². The molecule has 3 nitrogen and oxygen atoms in total. The average Bonchev–Trinajstić information content (AvgIpc) is 2.36. The van der Waals surface area contributed by atoms with Crippen LogP contribution < -0.4 is 9.47 Å². The van der Waals surface area contributed by atoms with Crippen molar-refractivity contribution in [2.45, 2.75) is 34.1 Å². The number of hydrogen-bond donors (Lipinski definition) is 0. The van der Waals surface area contributed by atoms with E-state index in [9.17, 15) is 4.79 Å². The Kier molecular flexibility index (Phi) is 4.98. The van der Waals surface area contributed by atoms with Crippen LogP contribution in [-0.2, 0) is 0 Å². The monoisotopic (exact) mass is 264 g/mol. The minimum atomic E-state index is 0.113. The highest BCUT2D eigenvalue weighted by Crippen LogP contribution is 2.32. The fourth-order valence-electron chi connectivity index (χ4n) is 1.72. The Morgan fingerprint density at radius 2 is 1.84 bits per heavy atom. The molecule has 3 heteroatoms. The van der Waals surface area contributed by atoms with Gasteiger partial charge in [0.2, 0.25) is 0 Å². The quantitative estimate of drug-likeness (QED) is 0.755. The number of benzene rings is 1. The van der Waals surface area contributed by atoms with Crippen molar-refractivity contribution >= 4 is 5.78 Å². The second kappa shape index (κ2) is 6.09. The Balaban J connectivity index is 2.94. The summed E-state index contributed by atoms with van der Waals surface area (Å²) in [5, 5.41) is 0. The first-order valence-corrected chi connectivity index (χ1v) is 6.54. The first-order valence-electron chi connectivity index (χ1n) is 6.54. The highest BCUT2D eigenvalue weighted by Gasteiger charge is 2.24. The summed E-state index contributed by atoms with van der Waals surface area (Å²) in [7, 11) is 3.16. The summed E-state index contributed by atoms with van der Waals surface area (Å²) in [6.45, 7) is 8.55. The molecule has 1 aromatic carbocycles. The number of Topliss-reactive ketones (excluding diaryl/α,β-unsaturated/α-hetero) is 1. The molecule has 1 unspecified atom stereocenters. The van der Waals surface area contributed by atoms with Crippen LogP contribution in [0.3, 0.4) is 0 Å². The molecule has 0 aliphatic heterocycles. The van der Waals surface area contributed by atoms with E-state index in [-0.39, 0.29) is 11.2 Å². The molecule has 0 aromatic heterocycles. The van der Waals surface area contributed by atoms with Gasteiger partial charge in [-0.3, -0.25) is 4.79 Å². The Morgan fingerprint density at radius 3 is 2.32 bits per heavy atom. The van der Waals surface area contributed by atoms with Gasteiger partial charge < -0.3 is 9.47 Å². The minimum absolute atomic E-state index is 0.113. The van der Waals surface area contributed by atoms with Gasteiger partial charge in [0.1, 0.15) is 11.5 Å². The van der Waals surface area contributed by atoms with E-state index < -0.39 is 0 Å². The molecular formula is C16H24O3. The summed E-state index contributed by atoms with van der Waals surface area (Å²) >= 11 is 0. The molecule has 0 amide bonds. The predicted molar refractivity (Wildman–Crippen MR) is 77.1 cm³/mol. The van der Waals surface area contributed by atoms with E-state index >= 15 is 0 Å². The second-order valence-corrected chi connectivity index (χ2v) is 5.96. The molecule has 0 radical (unpaired) electrons. The van der Waals surface area contributed by atoms with Crippen molar-refractivity contribution < 1.29 is 14.3 Å². The maximum absolute atomic E-state index is 12.4. The molecule has 106 valence electrons. The maximum Gasteiger partial charge on any atom is 0.166 e. The molecular weight excluding hydrogens is 240 g/mol. The van der Waals surface area contributed by atoms with Crippen molar-refractivity contribution in [3.63, 3.8) is 0 Å². The van der Waals surface area contributed by atoms with Gasteiger partial charge in [-0.1, -0.05) is 27.7 Å². The summed E-state index contributed by atoms with van der Waals surface area (Å²) in [4.78, 5) is 12.4. The zero-order chi connectivity index (χ0) is 14.6. The Bertz CT molecular complexity index is 444. The van der Waals surface area contributed by atoms with Crippen molar-refractivity contribution in [3.05, 3.63) is 23.8 Å². The topological polar surface area (TPSA) is 35.5 Å². The minimum Gasteiger partial charge on any atom is -0.497 e. The van der Waals surface area contributed by atoms with Crippen molar-refractivity contribution in [2.24, 2.45) is 11.3 Å². The Hall–Kier alpha value is -1.51. The van der Waals surface area contributed by atoms with Gasteiger partial charge in [0, 0.05) is 12.5 Å². The molecule has 0 N–H and O–H groups in total. The van der Waals surface area contributed by atoms with Gasteiger partial charge in [0.25, 0.3) is 0 Å². The van der Waals surface area contributed by atoms with E-state index in [1.807, 2.05) is 0 Å². The summed E-state index contributed by atoms with van der Waals surface area (Å²) in [5.41, 5.74) is 0.745. The third-order valence-electron chi connectivity index (χ3n) is 3.68. The molecule has 0 bridgehead atoms. The van der Waals surface area contributed by atoms with Crippen molar-refractivity contribution in [2.75, 3.05) is 14.2 Å². The number of hydrogen-bond acceptors (Lipinski definition) is 3. The third-order valence-corrected chi connectivity index (χ3v) is 3.68. The highest BCUT2D eigenvalue weighted by atomic mass is 16.5. The zero-order valence-corrected chi connectivity index (χ0v) is 12.7. The average molecular weight is 264 g/mol. The summed E-state index contributed by atoms with van der Waals surface area (Å²) < 4.78 is 10.4. The first kappa shape index (κ1) is 15.5. The molecule has 0 aliphatic carbocycles. The number of rotatable bonds is 5. The van der Waals surface area contributed by atoms with Crippen LogP contribution in [0.4, 0.5) is 0 Å². The summed E-state index contributed by atoms with van der Waals surface area (Å²) in [6, 6.07) is 5.31. The number of methoxy groups -OCH3 is 2. The lowest BCUT2D eigenvalue weighted by Crippen LogP contribution is -2.20. The largest absolute Gasteiger partial charge is 0.497 e. The van der Waals surface area contributed by atoms with E-state index in [2.05, 4.69) is 27.7 Å². The van der Waals surface area contributed by atoms with Crippen LogP contribution in [0.25, 0.3) is 0 Å². The maximum atomic E-state index is 12.4. The van der Waals surface area contributed by atoms with E-state index in [1.165, 1.54) is 0 Å². The van der Waals surface area contributed by atoms with Crippen LogP contribution in [0.2, 0.25) is 0 Å². The smallest absolute Gasteiger partial charge is 0.166 e. The van der Waals surface area contributed by atoms with Crippen molar-refractivity contribution in [3.8, 4) is 11.5 Å². The molecule has 19 heavy (non-hydrogen) atoms. The number of carbonyl (C=O) groups is 1. The number of ketones is 1. The number of carbonyl (C=O) groups excluding carboxylic acids is 1. The van der Waals surface area contributed by atoms with Gasteiger partial charge >= 0.3 is 0 Å². The van der Waals surface area contributed by atoms with Gasteiger partial charge in [0.15, 0.2) is 5.78 Å². The second-order valence-electron chi connectivity index (χ2n) is 5.96. The zero-order valence-electron chi connectivity index (χ0n) is 12.7. The Labute approximate surface area is 115 Å². The van der Waals surface area contributed by atoms with Gasteiger partial charge in [-0.15, -0.1) is 0 Å². The summed E-state index contributed by atoms with van der Waals surface area (Å²) in [6.07, 6.45) is 0.520. The number of ether oxygens (including phenoxy) is 2. The van der Waals surface area contributed by atoms with Crippen LogP contribution in [-0.4, -0.2) is 20.0 Å². The molecule has 1 aromatic rings. The molecule has 1 rings (SSSR count). The lowest BCUT2D eigenvalue weighted by atomic mass is 9.78. The van der Waals surface area contributed by atoms with E-state index in [1.54, 1.807) is 32.4 Å². The molecule has 0 spiro atoms. The third kappa shape index (κ3) is 3.98. The van der Waals surface area contributed by atoms with Crippen LogP contribution in [0, 0.1) is 11.3 Å². The highest BCUT2D eigenvalue weighted by molar-refractivity contribution is 5.99. The van der Waals surface area contributed by atoms with Gasteiger partial charge in [0.05, 0.1) is 19.8 Å². The standard InChI is InChI=1S/C16H24O3/c1-11(16(2,3)4)9-14(17)13-8-7-12(18-5)10-15(13)19-6/h7-8,10-11H,9H2,1-6H3.